The minimum Gasteiger partial charge on any atom is -0.494 e. The summed E-state index contributed by atoms with van der Waals surface area (Å²) in [4.78, 5) is 102. The number of hydrogen-bond donors (Lipinski definition) is 0. The molecule has 18 nitrogen and oxygen atoms in total. The zero-order valence-electron chi connectivity index (χ0n) is 47.9. The smallest absolute Gasteiger partial charge is 0.294 e. The Morgan fingerprint density at radius 2 is 0.847 bits per heavy atom. The molecule has 3 atom stereocenters. The summed E-state index contributed by atoms with van der Waals surface area (Å²) in [6.07, 6.45) is 4.66. The van der Waals surface area contributed by atoms with E-state index >= 15 is 0 Å². The van der Waals surface area contributed by atoms with Gasteiger partial charge in [-0.25, -0.2) is 21.5 Å². The van der Waals surface area contributed by atoms with Crippen molar-refractivity contribution in [2.24, 2.45) is 0 Å². The Bertz CT molecular complexity index is 2660. The van der Waals surface area contributed by atoms with E-state index in [9.17, 15) is 28.8 Å². The van der Waals surface area contributed by atoms with Crippen molar-refractivity contribution in [3.63, 3.8) is 0 Å². The van der Waals surface area contributed by atoms with Crippen LogP contribution < -0.4 is 31.4 Å². The number of aromatic nitrogens is 6. The first kappa shape index (κ1) is 61.4. The van der Waals surface area contributed by atoms with Gasteiger partial charge in [0.05, 0.1) is 17.1 Å². The molecule has 3 aromatic rings. The summed E-state index contributed by atoms with van der Waals surface area (Å²) in [5.74, 6) is 1.10. The maximum Gasteiger partial charge on any atom is 0.294 e. The molecule has 0 spiro atoms. The van der Waals surface area contributed by atoms with Gasteiger partial charge in [0.25, 0.3) is 16.7 Å². The van der Waals surface area contributed by atoms with Crippen molar-refractivity contribution in [3.8, 4) is 0 Å². The second-order valence-electron chi connectivity index (χ2n) is 22.9. The van der Waals surface area contributed by atoms with Gasteiger partial charge in [-0.15, -0.1) is 0 Å². The zero-order chi connectivity index (χ0) is 54.3. The van der Waals surface area contributed by atoms with Gasteiger partial charge in [-0.2, -0.15) is 6.92 Å². The Labute approximate surface area is 443 Å². The fraction of sp³-hybridized carbons (Fsp3) is 0.698. The summed E-state index contributed by atoms with van der Waals surface area (Å²) in [7, 11) is 16.2. The van der Waals surface area contributed by atoms with Crippen molar-refractivity contribution in [1.29, 1.82) is 0 Å². The summed E-state index contributed by atoms with van der Waals surface area (Å²) in [5, 5.41) is 0. The van der Waals surface area contributed by atoms with Crippen molar-refractivity contribution in [2.45, 2.75) is 182 Å². The van der Waals surface area contributed by atoms with Crippen LogP contribution in [-0.4, -0.2) is 137 Å². The zero-order valence-corrected chi connectivity index (χ0v) is 50.9. The van der Waals surface area contributed by atoms with Crippen LogP contribution in [0.15, 0.2) is 14.4 Å². The second-order valence-corrected chi connectivity index (χ2v) is 22.9. The molecule has 19 heteroatoms. The standard InChI is InChI=1S/C18H30N4O2.C18H29N4O2.C17H28N4O2.W/c1-11(2)21(8)16(23)13-9-10-18(4,5)14-12(3)19-15(20(6)7)17(24)22(13)14;1-8-21(7)16(23)13-10-9-11-18(3,4)14-12(2)19-15(20(5)6)17(24)22(13)14;1-10(2)20(8)15(22)12-9-17(4,5)13-11(3)18-14(19(6)7)16(23)21(12)13;/h11,13H,9-10H2,1-8H3;8,13H,9-11H2,1-7H3;10,12H,9H2,1-8H3;/q;-1;;. The Balaban J connectivity index is 0.000000283. The third-order valence-electron chi connectivity index (χ3n) is 14.8. The van der Waals surface area contributed by atoms with Crippen LogP contribution in [0.4, 0.5) is 17.5 Å². The van der Waals surface area contributed by atoms with E-state index in [1.165, 1.54) is 0 Å². The first-order valence-electron chi connectivity index (χ1n) is 25.1. The maximum atomic E-state index is 13.2. The Morgan fingerprint density at radius 3 is 1.19 bits per heavy atom. The van der Waals surface area contributed by atoms with E-state index in [1.54, 1.807) is 113 Å². The largest absolute Gasteiger partial charge is 0.494 e. The number of anilines is 3. The van der Waals surface area contributed by atoms with Crippen molar-refractivity contribution in [2.75, 3.05) is 78.1 Å². The normalized spacial score (nSPS) is 18.9. The molecule has 0 aromatic carbocycles. The predicted octanol–water partition coefficient (Wildman–Crippen LogP) is 6.06. The molecule has 6 heterocycles. The van der Waals surface area contributed by atoms with Gasteiger partial charge < -0.3 is 29.4 Å². The number of nitrogens with zero attached hydrogens (tertiary/aromatic N) is 12. The minimum absolute atomic E-state index is 0. The Kier molecular flexibility index (Phi) is 19.7. The molecule has 0 saturated heterocycles. The molecule has 0 N–H and O–H groups in total. The molecule has 402 valence electrons. The number of likely N-dealkylation sites (N-methyl/N-ethyl adjacent to an activating group) is 3. The molecule has 6 rings (SSSR count). The first-order chi connectivity index (χ1) is 32.6. The fourth-order valence-electron chi connectivity index (χ4n) is 10.6. The molecule has 0 radical (unpaired) electrons. The third kappa shape index (κ3) is 12.0. The molecule has 0 saturated carbocycles. The second kappa shape index (κ2) is 23.1. The van der Waals surface area contributed by atoms with E-state index in [0.29, 0.717) is 36.7 Å². The average molecular weight is 1170 g/mol. The summed E-state index contributed by atoms with van der Waals surface area (Å²) in [5.41, 5.74) is 3.97. The molecule has 0 aliphatic carbocycles. The van der Waals surface area contributed by atoms with Crippen molar-refractivity contribution >= 4 is 35.2 Å². The van der Waals surface area contributed by atoms with Crippen molar-refractivity contribution in [1.82, 2.24) is 43.4 Å². The van der Waals surface area contributed by atoms with Gasteiger partial charge in [0, 0.05) is 123 Å². The van der Waals surface area contributed by atoms with Crippen LogP contribution in [0.25, 0.3) is 0 Å². The predicted molar refractivity (Wildman–Crippen MR) is 285 cm³/mol. The van der Waals surface area contributed by atoms with Gasteiger partial charge in [-0.05, 0) is 94.0 Å². The van der Waals surface area contributed by atoms with E-state index < -0.39 is 18.1 Å². The van der Waals surface area contributed by atoms with E-state index in [1.807, 2.05) is 55.4 Å². The fourth-order valence-corrected chi connectivity index (χ4v) is 10.6. The molecule has 3 unspecified atom stereocenters. The number of aryl methyl sites for hydroxylation is 3. The topological polar surface area (TPSA) is 175 Å². The first-order valence-corrected chi connectivity index (χ1v) is 25.1. The average Bonchev–Trinajstić information content (AvgIpc) is 3.48. The number of fused-ring (bicyclic) bond motifs is 3. The molecule has 0 fully saturated rings. The third-order valence-corrected chi connectivity index (χ3v) is 14.8. The van der Waals surface area contributed by atoms with E-state index in [0.717, 1.165) is 53.4 Å². The van der Waals surface area contributed by atoms with Gasteiger partial charge >= 0.3 is 0 Å². The van der Waals surface area contributed by atoms with Gasteiger partial charge in [0.15, 0.2) is 17.5 Å². The number of amides is 3. The minimum atomic E-state index is -0.476. The number of carbonyl (C=O) groups excluding carboxylic acids is 3. The number of carbonyl (C=O) groups is 3. The van der Waals surface area contributed by atoms with Gasteiger partial charge in [0.1, 0.15) is 18.1 Å². The maximum absolute atomic E-state index is 13.2. The van der Waals surface area contributed by atoms with Gasteiger partial charge in [0.2, 0.25) is 17.7 Å². The SMILES string of the molecule is C[CH-]N(C)C(=O)C1CCCC(C)(C)c2c(C)nc(N(C)C)c(=O)n21.Cc1nc(N(C)C)c(=O)n2c1C(C)(C)CC2C(=O)N(C)C(C)C.Cc1nc(N(C)C)c(=O)n2c1C(C)(C)CCC2C(=O)N(C)C(C)C.[W]. The van der Waals surface area contributed by atoms with Crippen LogP contribution in [0, 0.1) is 27.3 Å². The van der Waals surface area contributed by atoms with Crippen LogP contribution in [-0.2, 0) is 51.7 Å². The van der Waals surface area contributed by atoms with Crippen molar-refractivity contribution < 1.29 is 35.4 Å². The Morgan fingerprint density at radius 1 is 0.528 bits per heavy atom. The van der Waals surface area contributed by atoms with Crippen LogP contribution in [0.2, 0.25) is 0 Å². The van der Waals surface area contributed by atoms with Gasteiger partial charge in [-0.3, -0.25) is 42.5 Å². The molecule has 3 amide bonds. The quantitative estimate of drug-likeness (QED) is 0.227. The van der Waals surface area contributed by atoms with Crippen LogP contribution in [0.1, 0.15) is 167 Å². The summed E-state index contributed by atoms with van der Waals surface area (Å²) in [6, 6.07) is -1.19. The van der Waals surface area contributed by atoms with E-state index in [2.05, 4.69) is 56.5 Å². The van der Waals surface area contributed by atoms with E-state index in [4.69, 9.17) is 0 Å². The number of hydrogen-bond acceptors (Lipinski definition) is 12. The molecule has 3 aliphatic heterocycles. The van der Waals surface area contributed by atoms with Crippen molar-refractivity contribution in [3.05, 3.63) is 71.8 Å². The Hall–Kier alpha value is -4.86. The van der Waals surface area contributed by atoms with Crippen LogP contribution >= 0.6 is 0 Å². The monoisotopic (exact) mass is 1170 g/mol. The summed E-state index contributed by atoms with van der Waals surface area (Å²) < 4.78 is 5.11. The molecule has 0 bridgehead atoms. The van der Waals surface area contributed by atoms with Gasteiger partial charge in [-0.1, -0.05) is 41.5 Å². The molecular weight excluding hydrogens is 1080 g/mol. The molecular formula is C53H87N12O6W-. The van der Waals surface area contributed by atoms with Crippen LogP contribution in [0.5, 0.6) is 0 Å². The molecule has 3 aromatic heterocycles. The van der Waals surface area contributed by atoms with E-state index in [-0.39, 0.29) is 83.8 Å². The van der Waals surface area contributed by atoms with Crippen LogP contribution in [0.3, 0.4) is 0 Å². The molecule has 72 heavy (non-hydrogen) atoms. The molecule has 3 aliphatic rings. The number of rotatable bonds is 9. The summed E-state index contributed by atoms with van der Waals surface area (Å²) in [6.45, 7) is 29.9. The summed E-state index contributed by atoms with van der Waals surface area (Å²) >= 11 is 0.